The maximum Gasteiger partial charge on any atom is 0.0708 e. The molecule has 4 aromatic carbocycles. The largest absolute Gasteiger partial charge is 0.256 e. The number of pyridine rings is 2. The lowest BCUT2D eigenvalue weighted by atomic mass is 9.89. The van der Waals surface area contributed by atoms with Crippen LogP contribution in [0.15, 0.2) is 109 Å². The van der Waals surface area contributed by atoms with Crippen molar-refractivity contribution in [1.29, 1.82) is 0 Å². The molecule has 0 fully saturated rings. The molecule has 0 aliphatic rings. The predicted octanol–water partition coefficient (Wildman–Crippen LogP) is 7.27. The van der Waals surface area contributed by atoms with Gasteiger partial charge in [0.05, 0.1) is 11.4 Å². The molecule has 0 aliphatic heterocycles. The summed E-state index contributed by atoms with van der Waals surface area (Å²) in [6, 6.07) is 34.0. The molecule has 6 aromatic rings. The van der Waals surface area contributed by atoms with Gasteiger partial charge in [-0.3, -0.25) is 9.97 Å². The minimum atomic E-state index is 0.989. The second-order valence-electron chi connectivity index (χ2n) is 7.47. The summed E-state index contributed by atoms with van der Waals surface area (Å²) >= 11 is 0. The number of hydrogen-bond acceptors (Lipinski definition) is 2. The Balaban J connectivity index is 1.82. The molecule has 0 radical (unpaired) electrons. The van der Waals surface area contributed by atoms with E-state index in [1.807, 2.05) is 36.7 Å². The third kappa shape index (κ3) is 2.58. The number of rotatable bonds is 2. The van der Waals surface area contributed by atoms with E-state index < -0.39 is 0 Å². The molecule has 0 saturated heterocycles. The molecule has 0 unspecified atom stereocenters. The Kier molecular flexibility index (Phi) is 3.82. The third-order valence-corrected chi connectivity index (χ3v) is 5.74. The monoisotopic (exact) mass is 382 g/mol. The quantitative estimate of drug-likeness (QED) is 0.294. The Morgan fingerprint density at radius 1 is 0.433 bits per heavy atom. The van der Waals surface area contributed by atoms with Crippen LogP contribution in [-0.2, 0) is 0 Å². The standard InChI is InChI=1S/C28H18N2/c1-3-11-22-20(9-1)24(26-13-5-7-15-29-26)17-19-18-25(27-14-6-8-16-30-27)21-10-2-4-12-23(21)28(19)22/h1-18H. The fraction of sp³-hybridized carbons (Fsp3) is 0. The van der Waals surface area contributed by atoms with Gasteiger partial charge in [0.15, 0.2) is 0 Å². The van der Waals surface area contributed by atoms with Crippen molar-refractivity contribution in [2.24, 2.45) is 0 Å². The Morgan fingerprint density at radius 2 is 0.867 bits per heavy atom. The van der Waals surface area contributed by atoms with Gasteiger partial charge in [-0.05, 0) is 68.7 Å². The van der Waals surface area contributed by atoms with E-state index in [-0.39, 0.29) is 0 Å². The van der Waals surface area contributed by atoms with Crippen molar-refractivity contribution < 1.29 is 0 Å². The van der Waals surface area contributed by atoms with Crippen LogP contribution in [0.2, 0.25) is 0 Å². The van der Waals surface area contributed by atoms with Crippen LogP contribution in [0.1, 0.15) is 0 Å². The fourth-order valence-electron chi connectivity index (χ4n) is 4.45. The minimum Gasteiger partial charge on any atom is -0.256 e. The molecule has 0 saturated carbocycles. The van der Waals surface area contributed by atoms with Crippen LogP contribution < -0.4 is 0 Å². The van der Waals surface area contributed by atoms with Gasteiger partial charge in [0, 0.05) is 23.5 Å². The van der Waals surface area contributed by atoms with Crippen LogP contribution in [0.5, 0.6) is 0 Å². The molecule has 0 atom stereocenters. The number of benzene rings is 4. The molecule has 2 aromatic heterocycles. The molecular weight excluding hydrogens is 364 g/mol. The molecule has 0 spiro atoms. The maximum absolute atomic E-state index is 4.64. The zero-order valence-electron chi connectivity index (χ0n) is 16.3. The second-order valence-corrected chi connectivity index (χ2v) is 7.47. The zero-order chi connectivity index (χ0) is 19.9. The van der Waals surface area contributed by atoms with Gasteiger partial charge in [-0.25, -0.2) is 0 Å². The fourth-order valence-corrected chi connectivity index (χ4v) is 4.45. The number of aromatic nitrogens is 2. The first-order valence-electron chi connectivity index (χ1n) is 10.1. The molecule has 0 aliphatic carbocycles. The van der Waals surface area contributed by atoms with E-state index in [2.05, 4.69) is 82.8 Å². The molecule has 0 bridgehead atoms. The second kappa shape index (κ2) is 6.78. The van der Waals surface area contributed by atoms with Crippen LogP contribution in [0, 0.1) is 0 Å². The molecule has 140 valence electrons. The van der Waals surface area contributed by atoms with E-state index in [0.717, 1.165) is 22.5 Å². The van der Waals surface area contributed by atoms with Crippen molar-refractivity contribution in [2.75, 3.05) is 0 Å². The third-order valence-electron chi connectivity index (χ3n) is 5.74. The zero-order valence-corrected chi connectivity index (χ0v) is 16.3. The minimum absolute atomic E-state index is 0.989. The van der Waals surface area contributed by atoms with E-state index in [1.54, 1.807) is 0 Å². The van der Waals surface area contributed by atoms with Gasteiger partial charge in [0.2, 0.25) is 0 Å². The first-order valence-corrected chi connectivity index (χ1v) is 10.1. The highest BCUT2D eigenvalue weighted by Gasteiger charge is 2.14. The maximum atomic E-state index is 4.64. The van der Waals surface area contributed by atoms with Gasteiger partial charge in [-0.15, -0.1) is 0 Å². The van der Waals surface area contributed by atoms with E-state index in [0.29, 0.717) is 0 Å². The Hall–Kier alpha value is -4.04. The Labute approximate surface area is 174 Å². The van der Waals surface area contributed by atoms with Crippen molar-refractivity contribution in [2.45, 2.75) is 0 Å². The van der Waals surface area contributed by atoms with Crippen LogP contribution in [0.25, 0.3) is 54.8 Å². The number of nitrogens with zero attached hydrogens (tertiary/aromatic N) is 2. The first kappa shape index (κ1) is 16.9. The first-order chi connectivity index (χ1) is 14.9. The lowest BCUT2D eigenvalue weighted by Gasteiger charge is -2.15. The number of hydrogen-bond donors (Lipinski definition) is 0. The van der Waals surface area contributed by atoms with Crippen LogP contribution >= 0.6 is 0 Å². The molecule has 6 rings (SSSR count). The summed E-state index contributed by atoms with van der Waals surface area (Å²) in [6.07, 6.45) is 3.71. The van der Waals surface area contributed by atoms with Crippen molar-refractivity contribution >= 4 is 32.3 Å². The molecule has 0 amide bonds. The van der Waals surface area contributed by atoms with E-state index in [1.165, 1.54) is 32.3 Å². The molecule has 30 heavy (non-hydrogen) atoms. The van der Waals surface area contributed by atoms with Gasteiger partial charge in [0.1, 0.15) is 0 Å². The van der Waals surface area contributed by atoms with E-state index >= 15 is 0 Å². The van der Waals surface area contributed by atoms with Crippen molar-refractivity contribution in [1.82, 2.24) is 9.97 Å². The Bertz CT molecular complexity index is 1410. The van der Waals surface area contributed by atoms with E-state index in [9.17, 15) is 0 Å². The van der Waals surface area contributed by atoms with Gasteiger partial charge in [0.25, 0.3) is 0 Å². The highest BCUT2D eigenvalue weighted by molar-refractivity contribution is 6.25. The summed E-state index contributed by atoms with van der Waals surface area (Å²) in [5, 5.41) is 7.42. The lowest BCUT2D eigenvalue weighted by molar-refractivity contribution is 1.33. The predicted molar refractivity (Wildman–Crippen MR) is 125 cm³/mol. The van der Waals surface area contributed by atoms with Crippen LogP contribution in [0.3, 0.4) is 0 Å². The van der Waals surface area contributed by atoms with E-state index in [4.69, 9.17) is 0 Å². The lowest BCUT2D eigenvalue weighted by Crippen LogP contribution is -1.90. The van der Waals surface area contributed by atoms with Crippen LogP contribution in [0.4, 0.5) is 0 Å². The summed E-state index contributed by atoms with van der Waals surface area (Å²) in [5.74, 6) is 0. The average molecular weight is 382 g/mol. The van der Waals surface area contributed by atoms with Gasteiger partial charge < -0.3 is 0 Å². The average Bonchev–Trinajstić information content (AvgIpc) is 2.84. The summed E-state index contributed by atoms with van der Waals surface area (Å²) in [6.45, 7) is 0. The summed E-state index contributed by atoms with van der Waals surface area (Å²) in [7, 11) is 0. The molecule has 2 heterocycles. The van der Waals surface area contributed by atoms with Crippen molar-refractivity contribution in [3.8, 4) is 22.5 Å². The highest BCUT2D eigenvalue weighted by atomic mass is 14.7. The van der Waals surface area contributed by atoms with Crippen LogP contribution in [-0.4, -0.2) is 9.97 Å². The van der Waals surface area contributed by atoms with Gasteiger partial charge in [-0.1, -0.05) is 60.7 Å². The molecular formula is C28H18N2. The smallest absolute Gasteiger partial charge is 0.0708 e. The summed E-state index contributed by atoms with van der Waals surface area (Å²) in [4.78, 5) is 9.27. The van der Waals surface area contributed by atoms with Gasteiger partial charge in [-0.2, -0.15) is 0 Å². The topological polar surface area (TPSA) is 25.8 Å². The highest BCUT2D eigenvalue weighted by Crippen LogP contribution is 2.40. The number of fused-ring (bicyclic) bond motifs is 5. The van der Waals surface area contributed by atoms with Crippen molar-refractivity contribution in [3.05, 3.63) is 109 Å². The summed E-state index contributed by atoms with van der Waals surface area (Å²) < 4.78 is 0. The summed E-state index contributed by atoms with van der Waals surface area (Å²) in [5.41, 5.74) is 4.29. The normalized spacial score (nSPS) is 11.3. The van der Waals surface area contributed by atoms with Crippen molar-refractivity contribution in [3.63, 3.8) is 0 Å². The molecule has 0 N–H and O–H groups in total. The Morgan fingerprint density at radius 3 is 1.30 bits per heavy atom. The van der Waals surface area contributed by atoms with Gasteiger partial charge >= 0.3 is 0 Å². The molecule has 2 nitrogen and oxygen atoms in total. The molecule has 2 heteroatoms. The SMILES string of the molecule is c1ccc(-c2cc3cc(-c4ccccn4)c4ccccc4c3c3ccccc23)nc1.